The second-order valence-corrected chi connectivity index (χ2v) is 2.30. The van der Waals surface area contributed by atoms with Gasteiger partial charge in [0.2, 0.25) is 0 Å². The van der Waals surface area contributed by atoms with Gasteiger partial charge in [-0.05, 0) is 13.1 Å². The molecule has 0 aliphatic heterocycles. The molecule has 0 heterocycles. The Hall–Kier alpha value is 3.07. The van der Waals surface area contributed by atoms with Crippen LogP contribution < -0.4 is 109 Å². The van der Waals surface area contributed by atoms with Crippen LogP contribution in [0.5, 0.6) is 0 Å². The van der Waals surface area contributed by atoms with Crippen molar-refractivity contribution in [2.75, 3.05) is 13.1 Å². The molecule has 0 amide bonds. The molecular weight excluding hydrogens is 226 g/mol. The van der Waals surface area contributed by atoms with Gasteiger partial charge >= 0.3 is 88.7 Å². The average Bonchev–Trinajstić information content (AvgIpc) is 1.63. The van der Waals surface area contributed by atoms with Crippen LogP contribution in [0, 0.1) is 0 Å². The van der Waals surface area contributed by atoms with Crippen molar-refractivity contribution in [1.29, 1.82) is 0 Å². The Bertz CT molecular complexity index is 101. The van der Waals surface area contributed by atoms with Crippen LogP contribution in [0.1, 0.15) is 13.8 Å². The van der Waals surface area contributed by atoms with Crippen molar-refractivity contribution in [3.8, 4) is 0 Å². The van der Waals surface area contributed by atoms with E-state index in [1.54, 1.807) is 0 Å². The standard InChI is InChI=1S/C4H11N.3Na.H3O4P/c1-3-5-4-2;;;;1-5(2,3)4/h5H,3-4H2,1-2H3;;;;(H3,1,2,3,4)/q;3*+1;/p-3. The van der Waals surface area contributed by atoms with E-state index in [-0.39, 0.29) is 88.7 Å². The Balaban J connectivity index is -0.0000000267. The summed E-state index contributed by atoms with van der Waals surface area (Å²) in [6, 6.07) is 0. The van der Waals surface area contributed by atoms with Gasteiger partial charge in [0.1, 0.15) is 0 Å². The van der Waals surface area contributed by atoms with Crippen LogP contribution in [0.15, 0.2) is 0 Å². The summed E-state index contributed by atoms with van der Waals surface area (Å²) in [6.45, 7) is 6.39. The van der Waals surface area contributed by atoms with Gasteiger partial charge < -0.3 is 24.6 Å². The van der Waals surface area contributed by atoms with E-state index in [0.29, 0.717) is 0 Å². The van der Waals surface area contributed by atoms with Crippen LogP contribution >= 0.6 is 7.82 Å². The minimum Gasteiger partial charge on any atom is -0.822 e. The summed E-state index contributed by atoms with van der Waals surface area (Å²) in [5, 5.41) is 3.11. The molecule has 9 heteroatoms. The first-order valence-electron chi connectivity index (χ1n) is 2.85. The number of rotatable bonds is 2. The summed E-state index contributed by atoms with van der Waals surface area (Å²) in [7, 11) is -5.39. The van der Waals surface area contributed by atoms with Crippen LogP contribution in [-0.2, 0) is 4.57 Å². The molecule has 0 atom stereocenters. The summed E-state index contributed by atoms with van der Waals surface area (Å²) >= 11 is 0. The molecule has 0 aliphatic rings. The average molecular weight is 237 g/mol. The van der Waals surface area contributed by atoms with Crippen LogP contribution in [-0.4, -0.2) is 13.1 Å². The third kappa shape index (κ3) is 100. The largest absolute Gasteiger partial charge is 1.00 e. The maximum atomic E-state index is 8.55. The summed E-state index contributed by atoms with van der Waals surface area (Å²) in [6.07, 6.45) is 0. The third-order valence-corrected chi connectivity index (χ3v) is 0.500. The molecule has 0 radical (unpaired) electrons. The second-order valence-electron chi connectivity index (χ2n) is 1.40. The second kappa shape index (κ2) is 20.5. The summed E-state index contributed by atoms with van der Waals surface area (Å²) in [5.41, 5.74) is 0. The van der Waals surface area contributed by atoms with Gasteiger partial charge in [-0.1, -0.05) is 13.8 Å². The van der Waals surface area contributed by atoms with Gasteiger partial charge in [-0.25, -0.2) is 0 Å². The molecule has 5 nitrogen and oxygen atoms in total. The first-order valence-corrected chi connectivity index (χ1v) is 4.31. The Morgan fingerprint density at radius 2 is 1.15 bits per heavy atom. The van der Waals surface area contributed by atoms with Crippen LogP contribution in [0.25, 0.3) is 0 Å². The van der Waals surface area contributed by atoms with E-state index in [1.165, 1.54) is 0 Å². The van der Waals surface area contributed by atoms with Crippen LogP contribution in [0.2, 0.25) is 0 Å². The molecular formula is C4H11NNa3O4P. The molecule has 0 aromatic rings. The zero-order valence-corrected chi connectivity index (χ0v) is 15.9. The van der Waals surface area contributed by atoms with Crippen LogP contribution in [0.4, 0.5) is 0 Å². The smallest absolute Gasteiger partial charge is 0.822 e. The van der Waals surface area contributed by atoms with Crippen molar-refractivity contribution in [3.05, 3.63) is 0 Å². The zero-order chi connectivity index (χ0) is 8.62. The van der Waals surface area contributed by atoms with E-state index in [4.69, 9.17) is 19.2 Å². The zero-order valence-electron chi connectivity index (χ0n) is 8.99. The molecule has 0 saturated carbocycles. The van der Waals surface area contributed by atoms with Crippen molar-refractivity contribution in [3.63, 3.8) is 0 Å². The first-order chi connectivity index (χ1) is 4.41. The fraction of sp³-hybridized carbons (Fsp3) is 1.00. The van der Waals surface area contributed by atoms with Crippen molar-refractivity contribution >= 4 is 7.82 Å². The van der Waals surface area contributed by atoms with Crippen molar-refractivity contribution in [2.45, 2.75) is 13.8 Å². The Kier molecular flexibility index (Phi) is 46.9. The molecule has 13 heavy (non-hydrogen) atoms. The van der Waals surface area contributed by atoms with Gasteiger partial charge in [0.05, 0.1) is 0 Å². The number of hydrogen-bond acceptors (Lipinski definition) is 5. The van der Waals surface area contributed by atoms with E-state index in [1.807, 2.05) is 0 Å². The van der Waals surface area contributed by atoms with Gasteiger partial charge in [0, 0.05) is 0 Å². The van der Waals surface area contributed by atoms with Crippen molar-refractivity contribution < 1.29 is 108 Å². The van der Waals surface area contributed by atoms with Gasteiger partial charge in [0.15, 0.2) is 0 Å². The maximum absolute atomic E-state index is 8.55. The van der Waals surface area contributed by atoms with E-state index >= 15 is 0 Å². The van der Waals surface area contributed by atoms with Crippen LogP contribution in [0.3, 0.4) is 0 Å². The molecule has 0 aromatic carbocycles. The number of nitrogens with one attached hydrogen (secondary N) is 1. The predicted molar refractivity (Wildman–Crippen MR) is 31.8 cm³/mol. The molecule has 0 rings (SSSR count). The molecule has 0 bridgehead atoms. The van der Waals surface area contributed by atoms with Gasteiger partial charge in [-0.2, -0.15) is 7.82 Å². The number of phosphoric acid groups is 1. The molecule has 0 saturated heterocycles. The van der Waals surface area contributed by atoms with Crippen molar-refractivity contribution in [1.82, 2.24) is 5.32 Å². The maximum Gasteiger partial charge on any atom is 1.00 e. The monoisotopic (exact) mass is 237 g/mol. The minimum absolute atomic E-state index is 0. The molecule has 1 N–H and O–H groups in total. The fourth-order valence-electron chi connectivity index (χ4n) is 0.250. The van der Waals surface area contributed by atoms with Gasteiger partial charge in [-0.15, -0.1) is 0 Å². The molecule has 0 aliphatic carbocycles. The molecule has 0 fully saturated rings. The summed E-state index contributed by atoms with van der Waals surface area (Å²) in [5.74, 6) is 0. The van der Waals surface area contributed by atoms with Gasteiger partial charge in [0.25, 0.3) is 0 Å². The number of hydrogen-bond donors (Lipinski definition) is 1. The van der Waals surface area contributed by atoms with E-state index < -0.39 is 7.82 Å². The summed E-state index contributed by atoms with van der Waals surface area (Å²) in [4.78, 5) is 25.6. The predicted octanol–water partition coefficient (Wildman–Crippen LogP) is -11.2. The third-order valence-electron chi connectivity index (χ3n) is 0.500. The Labute approximate surface area is 146 Å². The van der Waals surface area contributed by atoms with E-state index in [0.717, 1.165) is 13.1 Å². The Morgan fingerprint density at radius 3 is 1.15 bits per heavy atom. The van der Waals surface area contributed by atoms with Gasteiger partial charge in [-0.3, -0.25) is 0 Å². The quantitative estimate of drug-likeness (QED) is 0.380. The van der Waals surface area contributed by atoms with Crippen molar-refractivity contribution in [2.24, 2.45) is 0 Å². The Morgan fingerprint density at radius 1 is 1.00 bits per heavy atom. The minimum atomic E-state index is -5.39. The topological polar surface area (TPSA) is 98.3 Å². The SMILES string of the molecule is CCNCC.O=P([O-])([O-])[O-].[Na+].[Na+].[Na+]. The van der Waals surface area contributed by atoms with E-state index in [9.17, 15) is 0 Å². The molecule has 0 aromatic heterocycles. The molecule has 64 valence electrons. The molecule has 0 unspecified atom stereocenters. The molecule has 0 spiro atoms. The fourth-order valence-corrected chi connectivity index (χ4v) is 0.250. The summed E-state index contributed by atoms with van der Waals surface area (Å²) < 4.78 is 8.55. The van der Waals surface area contributed by atoms with E-state index in [2.05, 4.69) is 19.2 Å². The normalized spacial score (nSPS) is 7.77. The first kappa shape index (κ1) is 29.8.